The molecule has 0 saturated heterocycles. The van der Waals surface area contributed by atoms with E-state index in [1.807, 2.05) is 12.1 Å². The maximum absolute atomic E-state index is 11.4. The first kappa shape index (κ1) is 12.5. The van der Waals surface area contributed by atoms with Crippen LogP contribution in [0.4, 0.5) is 0 Å². The van der Waals surface area contributed by atoms with Gasteiger partial charge in [-0.15, -0.1) is 0 Å². The zero-order chi connectivity index (χ0) is 14.3. The van der Waals surface area contributed by atoms with E-state index < -0.39 is 5.91 Å². The van der Waals surface area contributed by atoms with Gasteiger partial charge in [-0.3, -0.25) is 14.8 Å². The van der Waals surface area contributed by atoms with Crippen molar-refractivity contribution < 1.29 is 9.21 Å². The average Bonchev–Trinajstić information content (AvgIpc) is 2.89. The smallest absolute Gasteiger partial charge is 0.252 e. The summed E-state index contributed by atoms with van der Waals surface area (Å²) in [6.07, 6.45) is 3.13. The third-order valence-electron chi connectivity index (χ3n) is 3.03. The quantitative estimate of drug-likeness (QED) is 0.758. The summed E-state index contributed by atoms with van der Waals surface area (Å²) in [5, 5.41) is 9.26. The molecule has 6 heteroatoms. The summed E-state index contributed by atoms with van der Waals surface area (Å²) in [6.45, 7) is 0. The Morgan fingerprint density at radius 1 is 1.35 bits per heavy atom. The van der Waals surface area contributed by atoms with E-state index in [-0.39, 0.29) is 11.1 Å². The zero-order valence-electron chi connectivity index (χ0n) is 10.3. The molecule has 20 heavy (non-hydrogen) atoms. The summed E-state index contributed by atoms with van der Waals surface area (Å²) < 4.78 is 6.84. The van der Waals surface area contributed by atoms with Gasteiger partial charge in [-0.2, -0.15) is 0 Å². The Bertz CT molecular complexity index is 880. The molecule has 1 amide bonds. The van der Waals surface area contributed by atoms with E-state index in [9.17, 15) is 4.79 Å². The normalized spacial score (nSPS) is 10.8. The Labute approximate surface area is 118 Å². The number of carbonyl (C=O) groups excluding carboxylic acids is 1. The minimum atomic E-state index is -0.689. The van der Waals surface area contributed by atoms with Crippen LogP contribution in [0, 0.1) is 5.41 Å². The molecular weight excluding hydrogens is 278 g/mol. The zero-order valence-corrected chi connectivity index (χ0v) is 11.0. The number of pyridine rings is 1. The first-order valence-electron chi connectivity index (χ1n) is 5.81. The van der Waals surface area contributed by atoms with Crippen LogP contribution in [-0.4, -0.2) is 10.5 Å². The van der Waals surface area contributed by atoms with Crippen molar-refractivity contribution in [2.75, 3.05) is 0 Å². The van der Waals surface area contributed by atoms with Gasteiger partial charge in [0, 0.05) is 11.6 Å². The van der Waals surface area contributed by atoms with Crippen molar-refractivity contribution >= 4 is 28.5 Å². The van der Waals surface area contributed by atoms with Crippen LogP contribution in [0.15, 0.2) is 47.2 Å². The van der Waals surface area contributed by atoms with Crippen molar-refractivity contribution in [3.8, 4) is 5.69 Å². The number of rotatable bonds is 2. The molecule has 0 atom stereocenters. The second-order valence-electron chi connectivity index (χ2n) is 4.26. The molecule has 0 aliphatic heterocycles. The van der Waals surface area contributed by atoms with Gasteiger partial charge >= 0.3 is 0 Å². The highest BCUT2D eigenvalue weighted by molar-refractivity contribution is 6.30. The van der Waals surface area contributed by atoms with E-state index in [1.54, 1.807) is 24.6 Å². The van der Waals surface area contributed by atoms with E-state index in [0.717, 1.165) is 5.39 Å². The number of fused-ring (bicyclic) bond motifs is 1. The number of benzene rings is 1. The van der Waals surface area contributed by atoms with Crippen LogP contribution in [0.2, 0.25) is 5.02 Å². The number of primary amides is 1. The van der Waals surface area contributed by atoms with E-state index in [2.05, 4.69) is 0 Å². The standard InChI is InChI=1S/C14H10ClN3O2/c15-8-6-10(14(17)19)13(16)18(7-8)11-2-1-3-12-9(11)4-5-20-12/h1-7,16H,(H2,17,19). The molecule has 0 unspecified atom stereocenters. The van der Waals surface area contributed by atoms with Gasteiger partial charge in [0.05, 0.1) is 22.5 Å². The second-order valence-corrected chi connectivity index (χ2v) is 4.70. The van der Waals surface area contributed by atoms with Gasteiger partial charge in [-0.1, -0.05) is 17.7 Å². The Kier molecular flexibility index (Phi) is 2.84. The van der Waals surface area contributed by atoms with Crippen molar-refractivity contribution in [3.05, 3.63) is 58.9 Å². The number of amides is 1. The molecule has 3 aromatic rings. The maximum Gasteiger partial charge on any atom is 0.252 e. The third-order valence-corrected chi connectivity index (χ3v) is 3.24. The van der Waals surface area contributed by atoms with Gasteiger partial charge in [-0.25, -0.2) is 0 Å². The van der Waals surface area contributed by atoms with Crippen LogP contribution in [0.1, 0.15) is 10.4 Å². The molecule has 0 spiro atoms. The number of hydrogen-bond acceptors (Lipinski definition) is 3. The minimum absolute atomic E-state index is 0.0180. The van der Waals surface area contributed by atoms with E-state index in [4.69, 9.17) is 27.2 Å². The molecule has 0 saturated carbocycles. The van der Waals surface area contributed by atoms with Crippen LogP contribution in [-0.2, 0) is 0 Å². The summed E-state index contributed by atoms with van der Waals surface area (Å²) in [7, 11) is 0. The molecule has 0 aliphatic carbocycles. The van der Waals surface area contributed by atoms with Crippen LogP contribution in [0.5, 0.6) is 0 Å². The summed E-state index contributed by atoms with van der Waals surface area (Å²) in [6, 6.07) is 8.62. The number of furan rings is 1. The Balaban J connectivity index is 2.38. The van der Waals surface area contributed by atoms with Crippen molar-refractivity contribution in [1.82, 2.24) is 4.57 Å². The maximum atomic E-state index is 11.4. The highest BCUT2D eigenvalue weighted by Gasteiger charge is 2.12. The minimum Gasteiger partial charge on any atom is -0.464 e. The molecular formula is C14H10ClN3O2. The first-order valence-corrected chi connectivity index (χ1v) is 6.19. The predicted octanol–water partition coefficient (Wildman–Crippen LogP) is 2.46. The fourth-order valence-electron chi connectivity index (χ4n) is 2.13. The fourth-order valence-corrected chi connectivity index (χ4v) is 2.33. The molecule has 0 fully saturated rings. The lowest BCUT2D eigenvalue weighted by Crippen LogP contribution is -2.28. The Morgan fingerprint density at radius 2 is 2.15 bits per heavy atom. The van der Waals surface area contributed by atoms with Crippen molar-refractivity contribution in [2.24, 2.45) is 5.73 Å². The molecule has 3 rings (SSSR count). The van der Waals surface area contributed by atoms with Crippen LogP contribution in [0.25, 0.3) is 16.7 Å². The number of nitrogens with one attached hydrogen (secondary N) is 1. The lowest BCUT2D eigenvalue weighted by molar-refractivity contribution is 0.0998. The molecule has 0 aliphatic rings. The van der Waals surface area contributed by atoms with Gasteiger partial charge in [0.15, 0.2) is 0 Å². The highest BCUT2D eigenvalue weighted by atomic mass is 35.5. The molecule has 0 radical (unpaired) electrons. The summed E-state index contributed by atoms with van der Waals surface area (Å²) in [5.74, 6) is -0.689. The summed E-state index contributed by atoms with van der Waals surface area (Å²) >= 11 is 6.01. The van der Waals surface area contributed by atoms with Crippen molar-refractivity contribution in [1.29, 1.82) is 5.41 Å². The molecule has 100 valence electrons. The number of halogens is 1. The Morgan fingerprint density at radius 3 is 2.90 bits per heavy atom. The first-order chi connectivity index (χ1) is 9.58. The van der Waals surface area contributed by atoms with Crippen LogP contribution < -0.4 is 11.2 Å². The number of nitrogens with zero attached hydrogens (tertiary/aromatic N) is 1. The van der Waals surface area contributed by atoms with Gasteiger partial charge < -0.3 is 10.2 Å². The van der Waals surface area contributed by atoms with Gasteiger partial charge in [-0.05, 0) is 24.3 Å². The average molecular weight is 288 g/mol. The second kappa shape index (κ2) is 4.54. The number of carbonyl (C=O) groups is 1. The summed E-state index contributed by atoms with van der Waals surface area (Å²) in [5.41, 5.74) is 6.71. The number of nitrogens with two attached hydrogens (primary N) is 1. The lowest BCUT2D eigenvalue weighted by Gasteiger charge is -2.10. The Hall–Kier alpha value is -2.53. The predicted molar refractivity (Wildman–Crippen MR) is 74.9 cm³/mol. The lowest BCUT2D eigenvalue weighted by atomic mass is 10.2. The van der Waals surface area contributed by atoms with Crippen LogP contribution >= 0.6 is 11.6 Å². The van der Waals surface area contributed by atoms with E-state index in [1.165, 1.54) is 10.6 Å². The number of hydrogen-bond donors (Lipinski definition) is 2. The van der Waals surface area contributed by atoms with Crippen LogP contribution in [0.3, 0.4) is 0 Å². The van der Waals surface area contributed by atoms with Crippen molar-refractivity contribution in [2.45, 2.75) is 0 Å². The van der Waals surface area contributed by atoms with Gasteiger partial charge in [0.2, 0.25) is 0 Å². The molecule has 3 N–H and O–H groups in total. The molecule has 0 bridgehead atoms. The topological polar surface area (TPSA) is 85.0 Å². The third kappa shape index (κ3) is 1.88. The fraction of sp³-hybridized carbons (Fsp3) is 0. The van der Waals surface area contributed by atoms with Crippen molar-refractivity contribution in [3.63, 3.8) is 0 Å². The molecule has 2 heterocycles. The van der Waals surface area contributed by atoms with Gasteiger partial charge in [0.1, 0.15) is 11.1 Å². The van der Waals surface area contributed by atoms with Gasteiger partial charge in [0.25, 0.3) is 5.91 Å². The summed E-state index contributed by atoms with van der Waals surface area (Å²) in [4.78, 5) is 11.4. The van der Waals surface area contributed by atoms with E-state index in [0.29, 0.717) is 16.3 Å². The molecule has 1 aromatic carbocycles. The SMILES string of the molecule is N=c1c(C(N)=O)cc(Cl)cn1-c1cccc2occc12. The highest BCUT2D eigenvalue weighted by Crippen LogP contribution is 2.23. The molecule has 2 aromatic heterocycles. The van der Waals surface area contributed by atoms with E-state index >= 15 is 0 Å². The number of aromatic nitrogens is 1. The molecule has 5 nitrogen and oxygen atoms in total. The largest absolute Gasteiger partial charge is 0.464 e. The monoisotopic (exact) mass is 287 g/mol.